The smallest absolute Gasteiger partial charge is 0.243 e. The predicted octanol–water partition coefficient (Wildman–Crippen LogP) is 3.58. The second-order valence-electron chi connectivity index (χ2n) is 6.23. The fourth-order valence-corrected chi connectivity index (χ4v) is 3.87. The van der Waals surface area contributed by atoms with Gasteiger partial charge in [-0.2, -0.15) is 4.31 Å². The quantitative estimate of drug-likeness (QED) is 0.720. The largest absolute Gasteiger partial charge is 0.353 e. The minimum absolute atomic E-state index is 0.0327. The van der Waals surface area contributed by atoms with Crippen LogP contribution in [0.25, 0.3) is 0 Å². The second kappa shape index (κ2) is 9.30. The van der Waals surface area contributed by atoms with Crippen molar-refractivity contribution in [2.24, 2.45) is 0 Å². The highest BCUT2D eigenvalue weighted by molar-refractivity contribution is 7.89. The third kappa shape index (κ3) is 6.02. The SMILES string of the molecule is CCC(C)NC(=O)CN(Cc1ccc(F)cc1)S(=O)(=O)c1ccc(Cl)cc1. The molecule has 2 aromatic rings. The first-order valence-electron chi connectivity index (χ1n) is 8.52. The zero-order chi connectivity index (χ0) is 20.0. The summed E-state index contributed by atoms with van der Waals surface area (Å²) in [6.07, 6.45) is 0.730. The van der Waals surface area contributed by atoms with E-state index in [1.54, 1.807) is 0 Å². The maximum absolute atomic E-state index is 13.1. The first-order chi connectivity index (χ1) is 12.7. The standard InChI is InChI=1S/C19H22ClFN2O3S/c1-3-14(2)22-19(24)13-23(12-15-4-8-17(21)9-5-15)27(25,26)18-10-6-16(20)7-11-18/h4-11,14H,3,12-13H2,1-2H3,(H,22,24). The number of halogens is 2. The van der Waals surface area contributed by atoms with E-state index < -0.39 is 21.7 Å². The van der Waals surface area contributed by atoms with E-state index in [9.17, 15) is 17.6 Å². The van der Waals surface area contributed by atoms with Crippen LogP contribution in [0.3, 0.4) is 0 Å². The Bertz CT molecular complexity index is 871. The van der Waals surface area contributed by atoms with Crippen LogP contribution in [0.15, 0.2) is 53.4 Å². The lowest BCUT2D eigenvalue weighted by molar-refractivity contribution is -0.122. The molecular formula is C19H22ClFN2O3S. The topological polar surface area (TPSA) is 66.5 Å². The Balaban J connectivity index is 2.31. The van der Waals surface area contributed by atoms with Gasteiger partial charge in [0.2, 0.25) is 15.9 Å². The zero-order valence-electron chi connectivity index (χ0n) is 15.2. The van der Waals surface area contributed by atoms with Crippen LogP contribution in [0.1, 0.15) is 25.8 Å². The van der Waals surface area contributed by atoms with E-state index >= 15 is 0 Å². The number of amides is 1. The van der Waals surface area contributed by atoms with Crippen LogP contribution in [0, 0.1) is 5.82 Å². The van der Waals surface area contributed by atoms with Crippen molar-refractivity contribution in [2.75, 3.05) is 6.54 Å². The molecule has 27 heavy (non-hydrogen) atoms. The normalized spacial score (nSPS) is 12.8. The molecule has 2 rings (SSSR count). The summed E-state index contributed by atoms with van der Waals surface area (Å²) >= 11 is 5.84. The van der Waals surface area contributed by atoms with E-state index in [-0.39, 0.29) is 24.0 Å². The molecule has 0 aliphatic heterocycles. The fraction of sp³-hybridized carbons (Fsp3) is 0.316. The number of hydrogen-bond acceptors (Lipinski definition) is 3. The summed E-state index contributed by atoms with van der Waals surface area (Å²) in [6.45, 7) is 3.37. The number of rotatable bonds is 8. The van der Waals surface area contributed by atoms with Crippen molar-refractivity contribution in [3.8, 4) is 0 Å². The molecule has 0 heterocycles. The van der Waals surface area contributed by atoms with Gasteiger partial charge in [0.05, 0.1) is 11.4 Å². The van der Waals surface area contributed by atoms with E-state index in [0.717, 1.165) is 10.7 Å². The van der Waals surface area contributed by atoms with E-state index in [4.69, 9.17) is 11.6 Å². The Morgan fingerprint density at radius 3 is 2.30 bits per heavy atom. The van der Waals surface area contributed by atoms with Crippen LogP contribution >= 0.6 is 11.6 Å². The lowest BCUT2D eigenvalue weighted by Crippen LogP contribution is -2.43. The van der Waals surface area contributed by atoms with Crippen LogP contribution in [0.4, 0.5) is 4.39 Å². The first kappa shape index (κ1) is 21.3. The Hall–Kier alpha value is -1.96. The Morgan fingerprint density at radius 2 is 1.74 bits per heavy atom. The van der Waals surface area contributed by atoms with Crippen LogP contribution in [0.2, 0.25) is 5.02 Å². The highest BCUT2D eigenvalue weighted by atomic mass is 35.5. The van der Waals surface area contributed by atoms with Gasteiger partial charge in [0, 0.05) is 17.6 Å². The Morgan fingerprint density at radius 1 is 1.15 bits per heavy atom. The van der Waals surface area contributed by atoms with E-state index in [0.29, 0.717) is 10.6 Å². The summed E-state index contributed by atoms with van der Waals surface area (Å²) in [5, 5.41) is 3.17. The van der Waals surface area contributed by atoms with Gasteiger partial charge in [-0.05, 0) is 55.3 Å². The highest BCUT2D eigenvalue weighted by Crippen LogP contribution is 2.20. The molecule has 0 fully saturated rings. The van der Waals surface area contributed by atoms with Crippen molar-refractivity contribution in [1.82, 2.24) is 9.62 Å². The number of carbonyl (C=O) groups is 1. The molecule has 0 saturated heterocycles. The van der Waals surface area contributed by atoms with Gasteiger partial charge < -0.3 is 5.32 Å². The maximum Gasteiger partial charge on any atom is 0.243 e. The van der Waals surface area contributed by atoms with Gasteiger partial charge in [-0.1, -0.05) is 30.7 Å². The van der Waals surface area contributed by atoms with Gasteiger partial charge in [-0.3, -0.25) is 4.79 Å². The van der Waals surface area contributed by atoms with Gasteiger partial charge >= 0.3 is 0 Å². The molecule has 0 aliphatic carbocycles. The van der Waals surface area contributed by atoms with Gasteiger partial charge in [0.1, 0.15) is 5.82 Å². The first-order valence-corrected chi connectivity index (χ1v) is 10.3. The van der Waals surface area contributed by atoms with Crippen molar-refractivity contribution >= 4 is 27.5 Å². The van der Waals surface area contributed by atoms with Crippen molar-refractivity contribution < 1.29 is 17.6 Å². The number of hydrogen-bond donors (Lipinski definition) is 1. The molecule has 146 valence electrons. The molecular weight excluding hydrogens is 391 g/mol. The van der Waals surface area contributed by atoms with Crippen molar-refractivity contribution in [3.05, 3.63) is 64.9 Å². The molecule has 1 amide bonds. The van der Waals surface area contributed by atoms with E-state index in [1.807, 2.05) is 13.8 Å². The molecule has 5 nitrogen and oxygen atoms in total. The predicted molar refractivity (Wildman–Crippen MR) is 103 cm³/mol. The molecule has 0 saturated carbocycles. The lowest BCUT2D eigenvalue weighted by atomic mass is 10.2. The number of carbonyl (C=O) groups excluding carboxylic acids is 1. The minimum atomic E-state index is -3.94. The van der Waals surface area contributed by atoms with E-state index in [1.165, 1.54) is 48.5 Å². The molecule has 0 aromatic heterocycles. The lowest BCUT2D eigenvalue weighted by Gasteiger charge is -2.23. The number of sulfonamides is 1. The molecule has 0 bridgehead atoms. The number of nitrogens with one attached hydrogen (secondary N) is 1. The number of benzene rings is 2. The highest BCUT2D eigenvalue weighted by Gasteiger charge is 2.27. The van der Waals surface area contributed by atoms with Crippen molar-refractivity contribution in [2.45, 2.75) is 37.8 Å². The molecule has 1 N–H and O–H groups in total. The summed E-state index contributed by atoms with van der Waals surface area (Å²) in [6, 6.07) is 11.2. The Labute approximate surface area is 164 Å². The van der Waals surface area contributed by atoms with Crippen LogP contribution in [-0.2, 0) is 21.4 Å². The zero-order valence-corrected chi connectivity index (χ0v) is 16.7. The van der Waals surface area contributed by atoms with E-state index in [2.05, 4.69) is 5.32 Å². The van der Waals surface area contributed by atoms with Gasteiger partial charge in [-0.15, -0.1) is 0 Å². The molecule has 1 unspecified atom stereocenters. The molecule has 0 radical (unpaired) electrons. The van der Waals surface area contributed by atoms with Crippen molar-refractivity contribution in [3.63, 3.8) is 0 Å². The fourth-order valence-electron chi connectivity index (χ4n) is 2.36. The summed E-state index contributed by atoms with van der Waals surface area (Å²) < 4.78 is 40.3. The van der Waals surface area contributed by atoms with Crippen molar-refractivity contribution in [1.29, 1.82) is 0 Å². The average molecular weight is 413 g/mol. The molecule has 2 aromatic carbocycles. The van der Waals surface area contributed by atoms with Crippen LogP contribution < -0.4 is 5.32 Å². The number of nitrogens with zero attached hydrogens (tertiary/aromatic N) is 1. The summed E-state index contributed by atoms with van der Waals surface area (Å²) in [5.41, 5.74) is 0.574. The summed E-state index contributed by atoms with van der Waals surface area (Å²) in [5.74, 6) is -0.815. The molecule has 8 heteroatoms. The molecule has 0 spiro atoms. The average Bonchev–Trinajstić information content (AvgIpc) is 2.63. The van der Waals surface area contributed by atoms with Gasteiger partial charge in [0.15, 0.2) is 0 Å². The van der Waals surface area contributed by atoms with Crippen LogP contribution in [0.5, 0.6) is 0 Å². The molecule has 0 aliphatic rings. The van der Waals surface area contributed by atoms with Gasteiger partial charge in [-0.25, -0.2) is 12.8 Å². The summed E-state index contributed by atoms with van der Waals surface area (Å²) in [7, 11) is -3.94. The monoisotopic (exact) mass is 412 g/mol. The minimum Gasteiger partial charge on any atom is -0.353 e. The molecule has 1 atom stereocenters. The Kier molecular flexibility index (Phi) is 7.35. The third-order valence-electron chi connectivity index (χ3n) is 4.06. The third-order valence-corrected chi connectivity index (χ3v) is 6.12. The van der Waals surface area contributed by atoms with Gasteiger partial charge in [0.25, 0.3) is 0 Å². The summed E-state index contributed by atoms with van der Waals surface area (Å²) in [4.78, 5) is 12.3. The maximum atomic E-state index is 13.1. The second-order valence-corrected chi connectivity index (χ2v) is 8.60. The van der Waals surface area contributed by atoms with Crippen LogP contribution in [-0.4, -0.2) is 31.2 Å².